The van der Waals surface area contributed by atoms with Gasteiger partial charge in [0.1, 0.15) is 23.9 Å². The molecule has 1 N–H and O–H groups in total. The van der Waals surface area contributed by atoms with Gasteiger partial charge in [-0.05, 0) is 82.8 Å². The molecule has 57 heavy (non-hydrogen) atoms. The van der Waals surface area contributed by atoms with Crippen LogP contribution in [0.25, 0.3) is 11.3 Å². The molecule has 1 unspecified atom stereocenters. The minimum Gasteiger partial charge on any atom is -0.457 e. The molecule has 2 aromatic heterocycles. The van der Waals surface area contributed by atoms with E-state index in [4.69, 9.17) is 18.9 Å². The van der Waals surface area contributed by atoms with Gasteiger partial charge in [-0.2, -0.15) is 0 Å². The van der Waals surface area contributed by atoms with Gasteiger partial charge >= 0.3 is 12.1 Å². The number of pyridine rings is 1. The van der Waals surface area contributed by atoms with Crippen molar-refractivity contribution in [3.8, 4) is 11.3 Å². The fourth-order valence-electron chi connectivity index (χ4n) is 9.75. The molecule has 0 radical (unpaired) electrons. The summed E-state index contributed by atoms with van der Waals surface area (Å²) in [6, 6.07) is 3.22. The van der Waals surface area contributed by atoms with Gasteiger partial charge < -0.3 is 33.5 Å². The summed E-state index contributed by atoms with van der Waals surface area (Å²) in [6.45, 7) is 21.4. The van der Waals surface area contributed by atoms with Crippen LogP contribution in [0.4, 0.5) is 4.79 Å². The summed E-state index contributed by atoms with van der Waals surface area (Å²) >= 11 is 0. The van der Waals surface area contributed by atoms with Crippen molar-refractivity contribution in [2.24, 2.45) is 35.0 Å². The molecule has 2 aromatic rings. The predicted octanol–water partition coefficient (Wildman–Crippen LogP) is 6.95. The van der Waals surface area contributed by atoms with Crippen LogP contribution in [0.1, 0.15) is 113 Å². The summed E-state index contributed by atoms with van der Waals surface area (Å²) in [5.41, 5.74) is 0.589. The number of cyclic esters (lactones) is 1. The van der Waals surface area contributed by atoms with Crippen LogP contribution in [0.15, 0.2) is 30.9 Å². The fourth-order valence-corrected chi connectivity index (χ4v) is 9.75. The van der Waals surface area contributed by atoms with Gasteiger partial charge in [0.05, 0.1) is 30.3 Å². The molecule has 3 fully saturated rings. The number of imidazole rings is 1. The Labute approximate surface area is 338 Å². The maximum atomic E-state index is 14.7. The number of aliphatic hydroxyl groups is 1. The number of hydrogen-bond acceptors (Lipinski definition) is 11. The molecular formula is C44H66N4O9. The number of Topliss-reactive ketones (excluding diaryl/α,β-unsaturated/α-hetero) is 2. The zero-order valence-electron chi connectivity index (χ0n) is 35.9. The van der Waals surface area contributed by atoms with E-state index < -0.39 is 77.4 Å². The number of unbranched alkanes of at least 4 members (excludes halogenated alkanes) is 1. The van der Waals surface area contributed by atoms with E-state index in [-0.39, 0.29) is 23.6 Å². The maximum Gasteiger partial charge on any atom is 0.410 e. The number of carbonyl (C=O) groups is 4. The first kappa shape index (κ1) is 44.4. The zero-order valence-corrected chi connectivity index (χ0v) is 35.9. The van der Waals surface area contributed by atoms with Crippen molar-refractivity contribution in [3.05, 3.63) is 36.5 Å². The SMILES string of the molecule is CC[C@H]1OC(=O)[C@H](C)C(=O)[C@H](C)[C@@H](OC2O[C@H](C)C[C@H](C)[C@H]2O)C(C)(C)C[C@@H](C)C(=O)[C@H](C)[C@H]2N(CCCCn3cnc(-c4ccc(C)nc4)c3)C(=O)O[C@]12CC. The van der Waals surface area contributed by atoms with Gasteiger partial charge in [-0.25, -0.2) is 9.78 Å². The predicted molar refractivity (Wildman–Crippen MR) is 214 cm³/mol. The Bertz CT molecular complexity index is 1730. The molecule has 13 heteroatoms. The van der Waals surface area contributed by atoms with Crippen LogP contribution in [0.2, 0.25) is 0 Å². The number of aliphatic hydroxyl groups excluding tert-OH is 1. The molecule has 316 valence electrons. The average molecular weight is 795 g/mol. The first-order valence-electron chi connectivity index (χ1n) is 21.1. The average Bonchev–Trinajstić information content (AvgIpc) is 3.76. The van der Waals surface area contributed by atoms with Crippen LogP contribution >= 0.6 is 0 Å². The van der Waals surface area contributed by atoms with Crippen LogP contribution in [0.5, 0.6) is 0 Å². The van der Waals surface area contributed by atoms with Crippen LogP contribution in [-0.2, 0) is 39.9 Å². The molecule has 13 nitrogen and oxygen atoms in total. The van der Waals surface area contributed by atoms with Crippen molar-refractivity contribution < 1.29 is 43.2 Å². The van der Waals surface area contributed by atoms with Gasteiger partial charge in [-0.1, -0.05) is 55.4 Å². The van der Waals surface area contributed by atoms with E-state index in [0.717, 1.165) is 23.4 Å². The van der Waals surface area contributed by atoms with Gasteiger partial charge in [-0.3, -0.25) is 19.4 Å². The molecule has 5 heterocycles. The van der Waals surface area contributed by atoms with Crippen LogP contribution in [0.3, 0.4) is 0 Å². The third-order valence-corrected chi connectivity index (χ3v) is 12.9. The minimum absolute atomic E-state index is 0.0636. The number of hydrogen-bond donors (Lipinski definition) is 1. The maximum absolute atomic E-state index is 14.7. The molecule has 1 amide bonds. The van der Waals surface area contributed by atoms with E-state index in [1.54, 1.807) is 25.1 Å². The van der Waals surface area contributed by atoms with Gasteiger partial charge in [0, 0.05) is 54.5 Å². The monoisotopic (exact) mass is 794 g/mol. The van der Waals surface area contributed by atoms with Gasteiger partial charge in [0.2, 0.25) is 0 Å². The van der Waals surface area contributed by atoms with E-state index in [1.807, 2.05) is 91.4 Å². The highest BCUT2D eigenvalue weighted by Gasteiger charge is 2.61. The number of aryl methyl sites for hydroxylation is 2. The molecule has 3 aliphatic heterocycles. The molecule has 0 bridgehead atoms. The van der Waals surface area contributed by atoms with Crippen LogP contribution < -0.4 is 0 Å². The summed E-state index contributed by atoms with van der Waals surface area (Å²) in [7, 11) is 0. The first-order valence-corrected chi connectivity index (χ1v) is 21.1. The molecule has 0 aromatic carbocycles. The second-order valence-corrected chi connectivity index (χ2v) is 17.8. The van der Waals surface area contributed by atoms with Crippen molar-refractivity contribution in [2.45, 2.75) is 164 Å². The van der Waals surface area contributed by atoms with E-state index in [9.17, 15) is 24.3 Å². The number of carbonyl (C=O) groups excluding carboxylic acids is 4. The lowest BCUT2D eigenvalue weighted by Gasteiger charge is -2.46. The van der Waals surface area contributed by atoms with E-state index in [1.165, 1.54) is 0 Å². The molecule has 12 atom stereocenters. The topological polar surface area (TPSA) is 159 Å². The number of ether oxygens (including phenoxy) is 4. The Hall–Kier alpha value is -3.68. The smallest absolute Gasteiger partial charge is 0.410 e. The number of rotatable bonds is 10. The van der Waals surface area contributed by atoms with Gasteiger partial charge in [0.15, 0.2) is 17.7 Å². The number of aromatic nitrogens is 3. The first-order chi connectivity index (χ1) is 26.8. The van der Waals surface area contributed by atoms with Crippen molar-refractivity contribution >= 4 is 23.6 Å². The number of fused-ring (bicyclic) bond motifs is 1. The highest BCUT2D eigenvalue weighted by molar-refractivity contribution is 6.00. The Balaban J connectivity index is 1.42. The number of esters is 1. The number of amides is 1. The molecule has 0 spiro atoms. The lowest BCUT2D eigenvalue weighted by atomic mass is 9.68. The zero-order chi connectivity index (χ0) is 42.0. The van der Waals surface area contributed by atoms with E-state index >= 15 is 0 Å². The summed E-state index contributed by atoms with van der Waals surface area (Å²) in [4.78, 5) is 67.5. The molecule has 0 saturated carbocycles. The lowest BCUT2D eigenvalue weighted by Crippen LogP contribution is -2.59. The highest BCUT2D eigenvalue weighted by Crippen LogP contribution is 2.45. The third-order valence-electron chi connectivity index (χ3n) is 12.9. The lowest BCUT2D eigenvalue weighted by molar-refractivity contribution is -0.284. The van der Waals surface area contributed by atoms with Crippen molar-refractivity contribution in [1.82, 2.24) is 19.4 Å². The number of nitrogens with zero attached hydrogens (tertiary/aromatic N) is 4. The fraction of sp³-hybridized carbons (Fsp3) is 0.727. The van der Waals surface area contributed by atoms with Crippen molar-refractivity contribution in [2.75, 3.05) is 6.54 Å². The molecule has 3 aliphatic rings. The highest BCUT2D eigenvalue weighted by atomic mass is 16.7. The molecule has 3 saturated heterocycles. The third kappa shape index (κ3) is 9.31. The van der Waals surface area contributed by atoms with Crippen LogP contribution in [0, 0.1) is 41.9 Å². The quantitative estimate of drug-likeness (QED) is 0.151. The second-order valence-electron chi connectivity index (χ2n) is 17.8. The Kier molecular flexibility index (Phi) is 14.1. The summed E-state index contributed by atoms with van der Waals surface area (Å²) in [6.07, 6.45) is 4.19. The molecule has 5 rings (SSSR count). The summed E-state index contributed by atoms with van der Waals surface area (Å²) in [5, 5.41) is 11.1. The standard InChI is InChI=1S/C44H66N4O9/c1-12-34-44(13-2)38(48(42(53)57-44)19-15-14-18-47-23-33(46-24-47)32-17-16-27(5)45-22-32)29(7)35(49)26(4)21-43(10,11)39(30(8)37(51)31(9)40(52)55-34)56-41-36(50)25(3)20-28(6)54-41/h16-17,22-26,28-31,34,36,38-39,41,50H,12-15,18-21H2,1-11H3/t25-,26+,28+,29-,30-,31+,34+,36+,38+,39+,41?,44+/m0/s1. The van der Waals surface area contributed by atoms with Crippen molar-refractivity contribution in [1.29, 1.82) is 0 Å². The summed E-state index contributed by atoms with van der Waals surface area (Å²) < 4.78 is 27.2. The van der Waals surface area contributed by atoms with E-state index in [0.29, 0.717) is 45.2 Å². The molecule has 0 aliphatic carbocycles. The summed E-state index contributed by atoms with van der Waals surface area (Å²) in [5.74, 6) is -4.41. The minimum atomic E-state index is -1.32. The second kappa shape index (κ2) is 18.1. The van der Waals surface area contributed by atoms with Crippen molar-refractivity contribution in [3.63, 3.8) is 0 Å². The Morgan fingerprint density at radius 3 is 2.30 bits per heavy atom. The largest absolute Gasteiger partial charge is 0.457 e. The van der Waals surface area contributed by atoms with E-state index in [2.05, 4.69) is 9.97 Å². The number of ketones is 2. The van der Waals surface area contributed by atoms with Gasteiger partial charge in [0.25, 0.3) is 0 Å². The Morgan fingerprint density at radius 1 is 0.947 bits per heavy atom. The Morgan fingerprint density at radius 2 is 1.65 bits per heavy atom. The molecular weight excluding hydrogens is 729 g/mol. The van der Waals surface area contributed by atoms with Gasteiger partial charge in [-0.15, -0.1) is 0 Å². The van der Waals surface area contributed by atoms with Crippen LogP contribution in [-0.4, -0.2) is 97.1 Å². The normalized spacial score (nSPS) is 35.4.